The third-order valence-electron chi connectivity index (χ3n) is 3.55. The second-order valence-corrected chi connectivity index (χ2v) is 5.81. The van der Waals surface area contributed by atoms with Crippen LogP contribution in [0.1, 0.15) is 22.7 Å². The van der Waals surface area contributed by atoms with Crippen LogP contribution in [0.3, 0.4) is 0 Å². The van der Waals surface area contributed by atoms with Crippen LogP contribution in [0.5, 0.6) is 5.75 Å². The van der Waals surface area contributed by atoms with Gasteiger partial charge in [-0.15, -0.1) is 0 Å². The van der Waals surface area contributed by atoms with E-state index in [1.807, 2.05) is 19.2 Å². The smallest absolute Gasteiger partial charge is 0.118 e. The van der Waals surface area contributed by atoms with E-state index >= 15 is 0 Å². The van der Waals surface area contributed by atoms with Crippen LogP contribution in [0.2, 0.25) is 0 Å². The lowest BCUT2D eigenvalue weighted by Gasteiger charge is -2.19. The van der Waals surface area contributed by atoms with Crippen molar-refractivity contribution in [1.82, 2.24) is 5.32 Å². The van der Waals surface area contributed by atoms with Gasteiger partial charge in [-0.2, -0.15) is 0 Å². The van der Waals surface area contributed by atoms with E-state index in [0.717, 1.165) is 16.6 Å². The van der Waals surface area contributed by atoms with E-state index in [4.69, 9.17) is 4.74 Å². The summed E-state index contributed by atoms with van der Waals surface area (Å²) in [6, 6.07) is 15.0. The molecular weight excluding hydrogens is 314 g/mol. The largest absolute Gasteiger partial charge is 0.497 e. The zero-order valence-corrected chi connectivity index (χ0v) is 13.7. The molecule has 0 aromatic heterocycles. The van der Waals surface area contributed by atoms with Crippen LogP contribution in [0.15, 0.2) is 46.9 Å². The van der Waals surface area contributed by atoms with Crippen molar-refractivity contribution in [2.75, 3.05) is 14.2 Å². The van der Waals surface area contributed by atoms with E-state index < -0.39 is 0 Å². The highest BCUT2D eigenvalue weighted by molar-refractivity contribution is 9.10. The fraction of sp³-hybridized carbons (Fsp3) is 0.294. The van der Waals surface area contributed by atoms with Gasteiger partial charge in [-0.05, 0) is 61.3 Å². The molecule has 1 atom stereocenters. The highest BCUT2D eigenvalue weighted by atomic mass is 79.9. The van der Waals surface area contributed by atoms with Crippen LogP contribution in [0, 0.1) is 6.92 Å². The van der Waals surface area contributed by atoms with Gasteiger partial charge >= 0.3 is 0 Å². The van der Waals surface area contributed by atoms with Gasteiger partial charge in [0.05, 0.1) is 7.11 Å². The van der Waals surface area contributed by atoms with Crippen LogP contribution in [0.25, 0.3) is 0 Å². The van der Waals surface area contributed by atoms with Gasteiger partial charge in [-0.3, -0.25) is 0 Å². The standard InChI is InChI=1S/C17H20BrNO/c1-12-10-14(18)6-9-16(12)17(19-2)11-13-4-7-15(20-3)8-5-13/h4-10,17,19H,11H2,1-3H3. The predicted octanol–water partition coefficient (Wildman–Crippen LogP) is 4.27. The molecule has 0 radical (unpaired) electrons. The number of benzene rings is 2. The molecular formula is C17H20BrNO. The number of aryl methyl sites for hydroxylation is 1. The summed E-state index contributed by atoms with van der Waals surface area (Å²) >= 11 is 3.52. The molecule has 0 heterocycles. The van der Waals surface area contributed by atoms with E-state index in [2.05, 4.69) is 58.5 Å². The predicted molar refractivity (Wildman–Crippen MR) is 87.4 cm³/mol. The number of hydrogen-bond donors (Lipinski definition) is 1. The third-order valence-corrected chi connectivity index (χ3v) is 4.05. The Bertz CT molecular complexity index is 566. The Labute approximate surface area is 129 Å². The number of nitrogens with one attached hydrogen (secondary N) is 1. The van der Waals surface area contributed by atoms with Gasteiger partial charge in [0.15, 0.2) is 0 Å². The summed E-state index contributed by atoms with van der Waals surface area (Å²) in [4.78, 5) is 0. The van der Waals surface area contributed by atoms with Crippen LogP contribution in [0.4, 0.5) is 0 Å². The molecule has 2 nitrogen and oxygen atoms in total. The molecule has 0 aliphatic carbocycles. The van der Waals surface area contributed by atoms with Crippen molar-refractivity contribution in [3.8, 4) is 5.75 Å². The summed E-state index contributed by atoms with van der Waals surface area (Å²) in [5.74, 6) is 0.898. The molecule has 0 bridgehead atoms. The summed E-state index contributed by atoms with van der Waals surface area (Å²) in [5.41, 5.74) is 3.94. The first kappa shape index (κ1) is 15.1. The summed E-state index contributed by atoms with van der Waals surface area (Å²) in [7, 11) is 3.70. The normalized spacial score (nSPS) is 12.2. The summed E-state index contributed by atoms with van der Waals surface area (Å²) in [5, 5.41) is 3.41. The van der Waals surface area contributed by atoms with Gasteiger partial charge in [-0.25, -0.2) is 0 Å². The second-order valence-electron chi connectivity index (χ2n) is 4.89. The molecule has 1 N–H and O–H groups in total. The molecule has 3 heteroatoms. The molecule has 0 spiro atoms. The van der Waals surface area contributed by atoms with Gasteiger partial charge in [0.1, 0.15) is 5.75 Å². The van der Waals surface area contributed by atoms with Gasteiger partial charge in [0.2, 0.25) is 0 Å². The average Bonchev–Trinajstić information content (AvgIpc) is 2.46. The first-order chi connectivity index (χ1) is 9.63. The fourth-order valence-corrected chi connectivity index (χ4v) is 2.87. The topological polar surface area (TPSA) is 21.3 Å². The Balaban J connectivity index is 2.19. The molecule has 0 saturated heterocycles. The van der Waals surface area contributed by atoms with Crippen molar-refractivity contribution in [3.63, 3.8) is 0 Å². The van der Waals surface area contributed by atoms with Gasteiger partial charge in [0.25, 0.3) is 0 Å². The monoisotopic (exact) mass is 333 g/mol. The molecule has 1 unspecified atom stereocenters. The van der Waals surface area contributed by atoms with Crippen molar-refractivity contribution in [2.24, 2.45) is 0 Å². The molecule has 2 aromatic carbocycles. The van der Waals surface area contributed by atoms with Crippen LogP contribution in [-0.4, -0.2) is 14.2 Å². The lowest BCUT2D eigenvalue weighted by molar-refractivity contribution is 0.414. The maximum atomic E-state index is 5.20. The summed E-state index contributed by atoms with van der Waals surface area (Å²) < 4.78 is 6.32. The molecule has 106 valence electrons. The second kappa shape index (κ2) is 6.91. The maximum Gasteiger partial charge on any atom is 0.118 e. The maximum absolute atomic E-state index is 5.20. The number of halogens is 1. The lowest BCUT2D eigenvalue weighted by Crippen LogP contribution is -2.19. The quantitative estimate of drug-likeness (QED) is 0.882. The molecule has 0 amide bonds. The molecule has 2 aromatic rings. The van der Waals surface area contributed by atoms with Crippen LogP contribution in [-0.2, 0) is 6.42 Å². The molecule has 0 saturated carbocycles. The van der Waals surface area contributed by atoms with Crippen LogP contribution >= 0.6 is 15.9 Å². The van der Waals surface area contributed by atoms with Gasteiger partial charge < -0.3 is 10.1 Å². The first-order valence-corrected chi connectivity index (χ1v) is 7.49. The highest BCUT2D eigenvalue weighted by Gasteiger charge is 2.12. The minimum absolute atomic E-state index is 0.316. The number of hydrogen-bond acceptors (Lipinski definition) is 2. The van der Waals surface area contributed by atoms with Gasteiger partial charge in [-0.1, -0.05) is 34.1 Å². The van der Waals surface area contributed by atoms with Gasteiger partial charge in [0, 0.05) is 10.5 Å². The molecule has 0 aliphatic heterocycles. The Morgan fingerprint density at radius 3 is 2.40 bits per heavy atom. The number of ether oxygens (including phenoxy) is 1. The van der Waals surface area contributed by atoms with E-state index in [0.29, 0.717) is 6.04 Å². The zero-order valence-electron chi connectivity index (χ0n) is 12.1. The van der Waals surface area contributed by atoms with Crippen molar-refractivity contribution in [1.29, 1.82) is 0 Å². The lowest BCUT2D eigenvalue weighted by atomic mass is 9.95. The number of likely N-dealkylation sites (N-methyl/N-ethyl adjacent to an activating group) is 1. The molecule has 2 rings (SSSR count). The first-order valence-electron chi connectivity index (χ1n) is 6.70. The molecule has 0 aliphatic rings. The fourth-order valence-electron chi connectivity index (χ4n) is 2.39. The Morgan fingerprint density at radius 2 is 1.85 bits per heavy atom. The SMILES string of the molecule is CNC(Cc1ccc(OC)cc1)c1ccc(Br)cc1C. The van der Waals surface area contributed by atoms with Crippen molar-refractivity contribution < 1.29 is 4.74 Å². The van der Waals surface area contributed by atoms with E-state index in [1.165, 1.54) is 16.7 Å². The third kappa shape index (κ3) is 3.62. The van der Waals surface area contributed by atoms with Crippen molar-refractivity contribution >= 4 is 15.9 Å². The molecule has 20 heavy (non-hydrogen) atoms. The minimum atomic E-state index is 0.316. The minimum Gasteiger partial charge on any atom is -0.497 e. The van der Waals surface area contributed by atoms with Crippen molar-refractivity contribution in [3.05, 3.63) is 63.6 Å². The van der Waals surface area contributed by atoms with E-state index in [1.54, 1.807) is 7.11 Å². The average molecular weight is 334 g/mol. The van der Waals surface area contributed by atoms with E-state index in [-0.39, 0.29) is 0 Å². The van der Waals surface area contributed by atoms with Crippen molar-refractivity contribution in [2.45, 2.75) is 19.4 Å². The van der Waals surface area contributed by atoms with E-state index in [9.17, 15) is 0 Å². The Hall–Kier alpha value is -1.32. The Kier molecular flexibility index (Phi) is 5.21. The highest BCUT2D eigenvalue weighted by Crippen LogP contribution is 2.25. The molecule has 0 fully saturated rings. The van der Waals surface area contributed by atoms with Crippen LogP contribution < -0.4 is 10.1 Å². The zero-order chi connectivity index (χ0) is 14.5. The Morgan fingerprint density at radius 1 is 1.15 bits per heavy atom. The summed E-state index contributed by atoms with van der Waals surface area (Å²) in [6.45, 7) is 2.15. The summed E-state index contributed by atoms with van der Waals surface area (Å²) in [6.07, 6.45) is 0.961. The number of methoxy groups -OCH3 is 1. The number of rotatable bonds is 5.